The fraction of sp³-hybridized carbons (Fsp3) is 0.714. The zero-order valence-corrected chi connectivity index (χ0v) is 7.14. The molecule has 0 aliphatic heterocycles. The summed E-state index contributed by atoms with van der Waals surface area (Å²) in [7, 11) is 0. The van der Waals surface area contributed by atoms with Gasteiger partial charge in [0.1, 0.15) is 6.10 Å². The molecule has 2 atom stereocenters. The van der Waals surface area contributed by atoms with Gasteiger partial charge in [0.25, 0.3) is 0 Å². The minimum absolute atomic E-state index is 0.713. The van der Waals surface area contributed by atoms with Crippen molar-refractivity contribution in [3.8, 4) is 0 Å². The van der Waals surface area contributed by atoms with E-state index >= 15 is 0 Å². The van der Waals surface area contributed by atoms with Crippen LogP contribution in [0.5, 0.6) is 0 Å². The predicted molar refractivity (Wildman–Crippen MR) is 40.7 cm³/mol. The molecule has 0 heterocycles. The number of aliphatic hydroxyl groups is 3. The van der Waals surface area contributed by atoms with Gasteiger partial charge in [0, 0.05) is 6.92 Å². The third kappa shape index (κ3) is 3.97. The first-order valence-corrected chi connectivity index (χ1v) is 3.63. The molecular weight excluding hydrogens is 180 g/mol. The molecule has 0 saturated heterocycles. The molecule has 0 rings (SSSR count). The number of aliphatic hydroxyl groups excluding tert-OH is 3. The fourth-order valence-corrected chi connectivity index (χ4v) is 0.690. The lowest BCUT2D eigenvalue weighted by Gasteiger charge is -2.15. The maximum atomic E-state index is 11.0. The predicted octanol–water partition coefficient (Wildman–Crippen LogP) is -2.17. The molecule has 13 heavy (non-hydrogen) atoms. The standard InChI is InChI=1S/C7H12O6/c1-4(10)13-6(3-9)7(12)5(11)2-8/h5-6,8-9,11H,2-3H2,1H3/t5-,6+/m0/s1. The van der Waals surface area contributed by atoms with Crippen LogP contribution in [0.3, 0.4) is 0 Å². The summed E-state index contributed by atoms with van der Waals surface area (Å²) in [5.74, 6) is -1.65. The third-order valence-corrected chi connectivity index (χ3v) is 1.29. The van der Waals surface area contributed by atoms with E-state index in [1.54, 1.807) is 0 Å². The molecular formula is C7H12O6. The van der Waals surface area contributed by atoms with Crippen LogP contribution in [0.2, 0.25) is 0 Å². The zero-order valence-electron chi connectivity index (χ0n) is 7.14. The molecule has 0 amide bonds. The number of ether oxygens (including phenoxy) is 1. The first kappa shape index (κ1) is 12.0. The number of ketones is 1. The van der Waals surface area contributed by atoms with Crippen molar-refractivity contribution in [3.63, 3.8) is 0 Å². The summed E-state index contributed by atoms with van der Waals surface area (Å²) < 4.78 is 4.37. The monoisotopic (exact) mass is 192 g/mol. The first-order valence-electron chi connectivity index (χ1n) is 3.63. The Bertz CT molecular complexity index is 189. The van der Waals surface area contributed by atoms with E-state index in [0.717, 1.165) is 6.92 Å². The fourth-order valence-electron chi connectivity index (χ4n) is 0.690. The largest absolute Gasteiger partial charge is 0.452 e. The smallest absolute Gasteiger partial charge is 0.303 e. The second-order valence-electron chi connectivity index (χ2n) is 2.38. The number of hydrogen-bond acceptors (Lipinski definition) is 6. The van der Waals surface area contributed by atoms with Crippen molar-refractivity contribution in [1.82, 2.24) is 0 Å². The Balaban J connectivity index is 4.22. The van der Waals surface area contributed by atoms with E-state index in [2.05, 4.69) is 4.74 Å². The average Bonchev–Trinajstić information content (AvgIpc) is 2.11. The molecule has 0 unspecified atom stereocenters. The Labute approximate surface area is 74.7 Å². The molecule has 0 aliphatic carbocycles. The van der Waals surface area contributed by atoms with Gasteiger partial charge < -0.3 is 20.1 Å². The molecule has 0 aromatic heterocycles. The van der Waals surface area contributed by atoms with Gasteiger partial charge in [-0.25, -0.2) is 0 Å². The van der Waals surface area contributed by atoms with E-state index in [1.807, 2.05) is 0 Å². The second kappa shape index (κ2) is 5.63. The van der Waals surface area contributed by atoms with Crippen molar-refractivity contribution in [1.29, 1.82) is 0 Å². The van der Waals surface area contributed by atoms with E-state index in [9.17, 15) is 9.59 Å². The first-order chi connectivity index (χ1) is 6.02. The molecule has 0 spiro atoms. The number of carbonyl (C=O) groups is 2. The lowest BCUT2D eigenvalue weighted by molar-refractivity contribution is -0.159. The van der Waals surface area contributed by atoms with E-state index in [1.165, 1.54) is 0 Å². The highest BCUT2D eigenvalue weighted by molar-refractivity contribution is 5.89. The number of carbonyl (C=O) groups excluding carboxylic acids is 2. The van der Waals surface area contributed by atoms with Crippen molar-refractivity contribution in [2.45, 2.75) is 19.1 Å². The van der Waals surface area contributed by atoms with Crippen LogP contribution in [0.15, 0.2) is 0 Å². The Kier molecular flexibility index (Phi) is 5.20. The van der Waals surface area contributed by atoms with Gasteiger partial charge in [-0.05, 0) is 0 Å². The van der Waals surface area contributed by atoms with Crippen LogP contribution in [0, 0.1) is 0 Å². The lowest BCUT2D eigenvalue weighted by Crippen LogP contribution is -2.39. The number of Topliss-reactive ketones (excluding diaryl/α,β-unsaturated/α-hetero) is 1. The molecule has 0 aliphatic rings. The molecule has 0 fully saturated rings. The van der Waals surface area contributed by atoms with Gasteiger partial charge in [0.15, 0.2) is 6.10 Å². The highest BCUT2D eigenvalue weighted by Crippen LogP contribution is 1.98. The Morgan fingerprint density at radius 3 is 2.15 bits per heavy atom. The molecule has 3 N–H and O–H groups in total. The summed E-state index contributed by atoms with van der Waals surface area (Å²) in [6.07, 6.45) is -3.03. The Morgan fingerprint density at radius 1 is 1.31 bits per heavy atom. The van der Waals surface area contributed by atoms with E-state index < -0.39 is 37.2 Å². The van der Waals surface area contributed by atoms with Crippen LogP contribution in [0.4, 0.5) is 0 Å². The van der Waals surface area contributed by atoms with Gasteiger partial charge in [-0.3, -0.25) is 9.59 Å². The van der Waals surface area contributed by atoms with Gasteiger partial charge in [-0.1, -0.05) is 0 Å². The van der Waals surface area contributed by atoms with Gasteiger partial charge in [-0.15, -0.1) is 0 Å². The molecule has 0 bridgehead atoms. The SMILES string of the molecule is CC(=O)O[C@H](CO)C(=O)[C@@H](O)CO. The van der Waals surface area contributed by atoms with E-state index in [0.29, 0.717) is 0 Å². The van der Waals surface area contributed by atoms with Crippen LogP contribution in [0.25, 0.3) is 0 Å². The molecule has 0 radical (unpaired) electrons. The van der Waals surface area contributed by atoms with Crippen LogP contribution in [0.1, 0.15) is 6.92 Å². The van der Waals surface area contributed by atoms with Crippen LogP contribution >= 0.6 is 0 Å². The lowest BCUT2D eigenvalue weighted by atomic mass is 10.1. The van der Waals surface area contributed by atoms with Crippen LogP contribution < -0.4 is 0 Å². The summed E-state index contributed by atoms with van der Waals surface area (Å²) in [5, 5.41) is 25.8. The molecule has 0 saturated carbocycles. The average molecular weight is 192 g/mol. The summed E-state index contributed by atoms with van der Waals surface area (Å²) in [6.45, 7) is -0.409. The molecule has 76 valence electrons. The van der Waals surface area contributed by atoms with Crippen LogP contribution in [-0.4, -0.2) is 52.5 Å². The number of rotatable bonds is 5. The third-order valence-electron chi connectivity index (χ3n) is 1.29. The summed E-state index contributed by atoms with van der Waals surface area (Å²) in [4.78, 5) is 21.4. The van der Waals surface area contributed by atoms with Crippen molar-refractivity contribution >= 4 is 11.8 Å². The molecule has 0 aromatic rings. The zero-order chi connectivity index (χ0) is 10.4. The normalized spacial score (nSPS) is 14.8. The molecule has 6 nitrogen and oxygen atoms in total. The number of hydrogen-bond donors (Lipinski definition) is 3. The van der Waals surface area contributed by atoms with Gasteiger partial charge in [0.2, 0.25) is 5.78 Å². The van der Waals surface area contributed by atoms with Crippen molar-refractivity contribution in [3.05, 3.63) is 0 Å². The molecule has 6 heteroatoms. The van der Waals surface area contributed by atoms with E-state index in [4.69, 9.17) is 15.3 Å². The highest BCUT2D eigenvalue weighted by atomic mass is 16.6. The summed E-state index contributed by atoms with van der Waals surface area (Å²) >= 11 is 0. The van der Waals surface area contributed by atoms with Gasteiger partial charge in [-0.2, -0.15) is 0 Å². The van der Waals surface area contributed by atoms with Gasteiger partial charge in [0.05, 0.1) is 13.2 Å². The maximum absolute atomic E-state index is 11.0. The topological polar surface area (TPSA) is 104 Å². The van der Waals surface area contributed by atoms with Crippen molar-refractivity contribution < 1.29 is 29.6 Å². The van der Waals surface area contributed by atoms with E-state index in [-0.39, 0.29) is 0 Å². The Morgan fingerprint density at radius 2 is 1.85 bits per heavy atom. The molecule has 0 aromatic carbocycles. The summed E-state index contributed by atoms with van der Waals surface area (Å²) in [5.41, 5.74) is 0. The maximum Gasteiger partial charge on any atom is 0.303 e. The van der Waals surface area contributed by atoms with Crippen molar-refractivity contribution in [2.75, 3.05) is 13.2 Å². The Hall–Kier alpha value is -0.980. The minimum Gasteiger partial charge on any atom is -0.452 e. The van der Waals surface area contributed by atoms with Crippen molar-refractivity contribution in [2.24, 2.45) is 0 Å². The minimum atomic E-state index is -1.63. The van der Waals surface area contributed by atoms with Gasteiger partial charge >= 0.3 is 5.97 Å². The second-order valence-corrected chi connectivity index (χ2v) is 2.38. The van der Waals surface area contributed by atoms with Crippen LogP contribution in [-0.2, 0) is 14.3 Å². The summed E-state index contributed by atoms with van der Waals surface area (Å²) in [6, 6.07) is 0. The highest BCUT2D eigenvalue weighted by Gasteiger charge is 2.26. The number of esters is 1. The quantitative estimate of drug-likeness (QED) is 0.428.